The smallest absolute Gasteiger partial charge is 0.348 e. The van der Waals surface area contributed by atoms with Crippen LogP contribution >= 0.6 is 11.3 Å². The Morgan fingerprint density at radius 3 is 2.62 bits per heavy atom. The summed E-state index contributed by atoms with van der Waals surface area (Å²) in [5, 5.41) is 12.4. The molecular formula is C23H29N3O5S. The maximum atomic E-state index is 13.1. The Bertz CT molecular complexity index is 1020. The van der Waals surface area contributed by atoms with Crippen molar-refractivity contribution in [3.63, 3.8) is 0 Å². The number of ether oxygens (including phenoxy) is 1. The first-order chi connectivity index (χ1) is 15.0. The molecule has 2 heterocycles. The summed E-state index contributed by atoms with van der Waals surface area (Å²) < 4.78 is 5.00. The molecule has 2 bridgehead atoms. The van der Waals surface area contributed by atoms with Crippen LogP contribution in [0.1, 0.15) is 74.2 Å². The average molecular weight is 460 g/mol. The van der Waals surface area contributed by atoms with Gasteiger partial charge in [-0.15, -0.1) is 11.3 Å². The van der Waals surface area contributed by atoms with E-state index in [2.05, 4.69) is 5.32 Å². The minimum atomic E-state index is -0.562. The molecule has 0 aromatic carbocycles. The number of thiophene rings is 1. The third kappa shape index (κ3) is 3.71. The van der Waals surface area contributed by atoms with E-state index in [1.54, 1.807) is 13.8 Å². The summed E-state index contributed by atoms with van der Waals surface area (Å²) >= 11 is 1.01. The van der Waals surface area contributed by atoms with Crippen molar-refractivity contribution in [1.29, 1.82) is 5.26 Å². The lowest BCUT2D eigenvalue weighted by atomic mass is 9.62. The van der Waals surface area contributed by atoms with E-state index in [9.17, 15) is 24.4 Å². The van der Waals surface area contributed by atoms with Crippen LogP contribution in [0.5, 0.6) is 0 Å². The number of carbonyl (C=O) groups is 4. The molecule has 2 fully saturated rings. The molecule has 1 aromatic heterocycles. The van der Waals surface area contributed by atoms with Gasteiger partial charge in [0.25, 0.3) is 0 Å². The Morgan fingerprint density at radius 2 is 2.00 bits per heavy atom. The summed E-state index contributed by atoms with van der Waals surface area (Å²) in [5.74, 6) is -1.34. The molecule has 2 atom stereocenters. The van der Waals surface area contributed by atoms with E-state index in [4.69, 9.17) is 4.74 Å². The van der Waals surface area contributed by atoms with Gasteiger partial charge in [0, 0.05) is 18.9 Å². The first-order valence-corrected chi connectivity index (χ1v) is 11.7. The van der Waals surface area contributed by atoms with Crippen molar-refractivity contribution in [1.82, 2.24) is 4.90 Å². The fourth-order valence-electron chi connectivity index (χ4n) is 4.83. The first kappa shape index (κ1) is 23.9. The summed E-state index contributed by atoms with van der Waals surface area (Å²) in [7, 11) is 0. The zero-order chi connectivity index (χ0) is 23.8. The van der Waals surface area contributed by atoms with Crippen molar-refractivity contribution in [2.24, 2.45) is 16.7 Å². The molecular weight excluding hydrogens is 430 g/mol. The molecule has 1 N–H and O–H groups in total. The topological polar surface area (TPSA) is 117 Å². The second-order valence-electron chi connectivity index (χ2n) is 9.18. The van der Waals surface area contributed by atoms with Crippen molar-refractivity contribution < 1.29 is 23.9 Å². The van der Waals surface area contributed by atoms with Crippen molar-refractivity contribution in [3.05, 3.63) is 16.0 Å². The van der Waals surface area contributed by atoms with Crippen LogP contribution in [0.4, 0.5) is 5.00 Å². The van der Waals surface area contributed by atoms with Crippen LogP contribution in [0, 0.1) is 35.0 Å². The zero-order valence-corrected chi connectivity index (χ0v) is 20.0. The molecule has 1 saturated carbocycles. The number of hydrogen-bond donors (Lipinski definition) is 1. The van der Waals surface area contributed by atoms with E-state index in [0.717, 1.165) is 11.3 Å². The fourth-order valence-corrected chi connectivity index (χ4v) is 5.89. The van der Waals surface area contributed by atoms with Gasteiger partial charge in [-0.05, 0) is 44.1 Å². The number of nitriles is 1. The van der Waals surface area contributed by atoms with Gasteiger partial charge >= 0.3 is 5.97 Å². The molecule has 2 unspecified atom stereocenters. The highest BCUT2D eigenvalue weighted by molar-refractivity contribution is 7.18. The molecule has 1 aromatic rings. The van der Waals surface area contributed by atoms with Gasteiger partial charge in [0.1, 0.15) is 15.9 Å². The minimum Gasteiger partial charge on any atom is -0.462 e. The number of piperidine rings is 1. The van der Waals surface area contributed by atoms with Gasteiger partial charge in [-0.3, -0.25) is 19.3 Å². The van der Waals surface area contributed by atoms with E-state index < -0.39 is 11.4 Å². The van der Waals surface area contributed by atoms with Gasteiger partial charge in [-0.1, -0.05) is 20.8 Å². The van der Waals surface area contributed by atoms with Crippen molar-refractivity contribution in [3.8, 4) is 6.07 Å². The normalized spacial score (nSPS) is 23.8. The SMILES string of the molecule is CCOC(=O)c1sc(NC(=O)CCCN2C(=O)C3CCC(C)(C2=O)C3(C)C)c(C#N)c1C. The number of likely N-dealkylation sites (tertiary alicyclic amines) is 1. The predicted molar refractivity (Wildman–Crippen MR) is 119 cm³/mol. The number of esters is 1. The molecule has 8 nitrogen and oxygen atoms in total. The van der Waals surface area contributed by atoms with Crippen LogP contribution in [0.25, 0.3) is 0 Å². The van der Waals surface area contributed by atoms with Crippen molar-refractivity contribution in [2.75, 3.05) is 18.5 Å². The summed E-state index contributed by atoms with van der Waals surface area (Å²) in [6, 6.07) is 2.02. The maximum absolute atomic E-state index is 13.1. The first-order valence-electron chi connectivity index (χ1n) is 10.9. The molecule has 32 heavy (non-hydrogen) atoms. The van der Waals surface area contributed by atoms with Gasteiger partial charge in [0.15, 0.2) is 0 Å². The second-order valence-corrected chi connectivity index (χ2v) is 10.2. The molecule has 1 aliphatic heterocycles. The molecule has 9 heteroatoms. The Hall–Kier alpha value is -2.73. The molecule has 2 aliphatic rings. The molecule has 3 rings (SSSR count). The van der Waals surface area contributed by atoms with Crippen LogP contribution in [0.2, 0.25) is 0 Å². The lowest BCUT2D eigenvalue weighted by molar-refractivity contribution is -0.168. The highest BCUT2D eigenvalue weighted by Gasteiger charge is 2.64. The summed E-state index contributed by atoms with van der Waals surface area (Å²) in [5.41, 5.74) is -0.217. The Morgan fingerprint density at radius 1 is 1.31 bits per heavy atom. The number of rotatable bonds is 7. The largest absolute Gasteiger partial charge is 0.462 e. The number of nitrogens with zero attached hydrogens (tertiary/aromatic N) is 2. The van der Waals surface area contributed by atoms with Crippen LogP contribution < -0.4 is 5.32 Å². The standard InChI is InChI=1S/C23H29N3O5S/c1-6-31-20(29)17-13(2)14(12-24)18(32-17)25-16(27)8-7-11-26-19(28)15-9-10-23(5,21(26)30)22(15,3)4/h15H,6-11H2,1-5H3,(H,25,27). The summed E-state index contributed by atoms with van der Waals surface area (Å²) in [6.45, 7) is 9.66. The van der Waals surface area contributed by atoms with E-state index in [1.807, 2.05) is 26.8 Å². The monoisotopic (exact) mass is 459 g/mol. The quantitative estimate of drug-likeness (QED) is 0.491. The third-order valence-electron chi connectivity index (χ3n) is 7.27. The summed E-state index contributed by atoms with van der Waals surface area (Å²) in [6.07, 6.45) is 1.81. The second kappa shape index (κ2) is 8.66. The van der Waals surface area contributed by atoms with Gasteiger partial charge in [0.2, 0.25) is 17.7 Å². The van der Waals surface area contributed by atoms with Crippen molar-refractivity contribution >= 4 is 40.0 Å². The van der Waals surface area contributed by atoms with E-state index in [0.29, 0.717) is 29.8 Å². The highest BCUT2D eigenvalue weighted by atomic mass is 32.1. The number of imide groups is 1. The maximum Gasteiger partial charge on any atom is 0.348 e. The Kier molecular flexibility index (Phi) is 6.47. The van der Waals surface area contributed by atoms with Crippen LogP contribution in [-0.2, 0) is 19.1 Å². The Labute approximate surface area is 191 Å². The third-order valence-corrected chi connectivity index (χ3v) is 8.45. The van der Waals surface area contributed by atoms with Gasteiger partial charge in [0.05, 0.1) is 17.6 Å². The van der Waals surface area contributed by atoms with E-state index in [1.165, 1.54) is 4.90 Å². The predicted octanol–water partition coefficient (Wildman–Crippen LogP) is 3.63. The molecule has 3 amide bonds. The summed E-state index contributed by atoms with van der Waals surface area (Å²) in [4.78, 5) is 52.1. The number of amides is 3. The lowest BCUT2D eigenvalue weighted by Gasteiger charge is -2.47. The molecule has 1 saturated heterocycles. The number of carbonyl (C=O) groups excluding carboxylic acids is 4. The lowest BCUT2D eigenvalue weighted by Crippen LogP contribution is -2.59. The number of anilines is 1. The number of fused-ring (bicyclic) bond motifs is 2. The van der Waals surface area contributed by atoms with Crippen LogP contribution in [0.3, 0.4) is 0 Å². The fraction of sp³-hybridized carbons (Fsp3) is 0.609. The number of nitrogens with one attached hydrogen (secondary N) is 1. The highest BCUT2D eigenvalue weighted by Crippen LogP contribution is 2.60. The van der Waals surface area contributed by atoms with Crippen LogP contribution in [-0.4, -0.2) is 41.7 Å². The average Bonchev–Trinajstić information content (AvgIpc) is 3.13. The molecule has 0 radical (unpaired) electrons. The van der Waals surface area contributed by atoms with Gasteiger partial charge in [-0.25, -0.2) is 4.79 Å². The van der Waals surface area contributed by atoms with Gasteiger partial charge in [-0.2, -0.15) is 5.26 Å². The molecule has 0 spiro atoms. The van der Waals surface area contributed by atoms with Gasteiger partial charge < -0.3 is 10.1 Å². The van der Waals surface area contributed by atoms with E-state index in [-0.39, 0.29) is 59.1 Å². The van der Waals surface area contributed by atoms with Crippen molar-refractivity contribution in [2.45, 2.75) is 60.3 Å². The minimum absolute atomic E-state index is 0.0817. The zero-order valence-electron chi connectivity index (χ0n) is 19.2. The Balaban J connectivity index is 1.63. The molecule has 172 valence electrons. The number of hydrogen-bond acceptors (Lipinski definition) is 7. The van der Waals surface area contributed by atoms with Crippen LogP contribution in [0.15, 0.2) is 0 Å². The van der Waals surface area contributed by atoms with E-state index >= 15 is 0 Å². The molecule has 1 aliphatic carbocycles.